The summed E-state index contributed by atoms with van der Waals surface area (Å²) in [5.74, 6) is -0.410. The number of piperidine rings is 1. The normalized spacial score (nSPS) is 24.8. The van der Waals surface area contributed by atoms with Crippen LogP contribution in [0.1, 0.15) is 43.7 Å². The first kappa shape index (κ1) is 30.2. The average molecular weight is 573 g/mol. The molecule has 10 heteroatoms. The van der Waals surface area contributed by atoms with E-state index in [1.807, 2.05) is 30.3 Å². The molecule has 1 aliphatic carbocycles. The molecule has 0 radical (unpaired) electrons. The first-order valence-electron chi connectivity index (χ1n) is 13.5. The van der Waals surface area contributed by atoms with Crippen LogP contribution in [-0.2, 0) is 19.7 Å². The Balaban J connectivity index is 1.59. The van der Waals surface area contributed by atoms with Gasteiger partial charge < -0.3 is 19.5 Å². The van der Waals surface area contributed by atoms with Crippen LogP contribution >= 0.6 is 0 Å². The molecule has 7 nitrogen and oxygen atoms in total. The second kappa shape index (κ2) is 12.4. The van der Waals surface area contributed by atoms with Gasteiger partial charge in [-0.15, -0.1) is 19.8 Å². The lowest BCUT2D eigenvalue weighted by atomic mass is 9.55. The van der Waals surface area contributed by atoms with Crippen molar-refractivity contribution in [3.05, 3.63) is 78.4 Å². The summed E-state index contributed by atoms with van der Waals surface area (Å²) in [7, 11) is 1.60. The third kappa shape index (κ3) is 7.11. The fourth-order valence-corrected chi connectivity index (χ4v) is 6.31. The minimum Gasteiger partial charge on any atom is -0.497 e. The topological polar surface area (TPSA) is 77.1 Å². The smallest absolute Gasteiger partial charge is 0.497 e. The van der Waals surface area contributed by atoms with E-state index in [4.69, 9.17) is 9.47 Å². The molecule has 1 N–H and O–H groups in total. The summed E-state index contributed by atoms with van der Waals surface area (Å²) in [5, 5.41) is 3.07. The molecule has 2 aromatic rings. The summed E-state index contributed by atoms with van der Waals surface area (Å²) in [6, 6.07) is 12.9. The number of esters is 1. The van der Waals surface area contributed by atoms with E-state index in [0.29, 0.717) is 50.1 Å². The summed E-state index contributed by atoms with van der Waals surface area (Å²) in [5.41, 5.74) is -0.0366. The van der Waals surface area contributed by atoms with Gasteiger partial charge >= 0.3 is 12.3 Å². The van der Waals surface area contributed by atoms with Crippen molar-refractivity contribution in [1.82, 2.24) is 10.2 Å². The van der Waals surface area contributed by atoms with Crippen LogP contribution in [-0.4, -0.2) is 61.5 Å². The zero-order valence-corrected chi connectivity index (χ0v) is 23.2. The monoisotopic (exact) mass is 572 g/mol. The van der Waals surface area contributed by atoms with Gasteiger partial charge in [0, 0.05) is 37.5 Å². The van der Waals surface area contributed by atoms with Gasteiger partial charge in [0.2, 0.25) is 5.91 Å². The van der Waals surface area contributed by atoms with Crippen molar-refractivity contribution in [3.8, 4) is 11.5 Å². The zero-order chi connectivity index (χ0) is 29.7. The predicted octanol–water partition coefficient (Wildman–Crippen LogP) is 5.41. The van der Waals surface area contributed by atoms with Gasteiger partial charge in [0.15, 0.2) is 0 Å². The van der Waals surface area contributed by atoms with Crippen LogP contribution in [0.4, 0.5) is 13.2 Å². The molecule has 220 valence electrons. The van der Waals surface area contributed by atoms with Crippen LogP contribution in [0.3, 0.4) is 0 Å². The number of likely N-dealkylation sites (tertiary alicyclic amines) is 1. The molecule has 4 rings (SSSR count). The summed E-state index contributed by atoms with van der Waals surface area (Å²) in [6.45, 7) is 7.24. The Morgan fingerprint density at radius 2 is 1.90 bits per heavy atom. The fraction of sp³-hybridized carbons (Fsp3) is 0.419. The minimum atomic E-state index is -4.80. The van der Waals surface area contributed by atoms with E-state index in [-0.39, 0.29) is 23.7 Å². The van der Waals surface area contributed by atoms with Crippen LogP contribution in [0.5, 0.6) is 11.5 Å². The molecule has 1 saturated heterocycles. The fourth-order valence-electron chi connectivity index (χ4n) is 6.31. The second-order valence-corrected chi connectivity index (χ2v) is 10.6. The number of hydrogen-bond acceptors (Lipinski definition) is 6. The van der Waals surface area contributed by atoms with Crippen molar-refractivity contribution in [2.24, 2.45) is 0 Å². The highest BCUT2D eigenvalue weighted by Gasteiger charge is 2.60. The molecule has 3 unspecified atom stereocenters. The van der Waals surface area contributed by atoms with E-state index < -0.39 is 17.4 Å². The summed E-state index contributed by atoms with van der Waals surface area (Å²) in [4.78, 5) is 27.7. The Bertz CT molecular complexity index is 1300. The first-order valence-corrected chi connectivity index (χ1v) is 13.5. The minimum absolute atomic E-state index is 0.229. The number of methoxy groups -OCH3 is 1. The lowest BCUT2D eigenvalue weighted by Gasteiger charge is -2.59. The van der Waals surface area contributed by atoms with Crippen molar-refractivity contribution >= 4 is 18.0 Å². The number of ether oxygens (including phenoxy) is 3. The summed E-state index contributed by atoms with van der Waals surface area (Å²) in [6.07, 6.45) is 2.10. The molecular weight excluding hydrogens is 537 g/mol. The molecule has 3 atom stereocenters. The van der Waals surface area contributed by atoms with E-state index in [0.717, 1.165) is 12.1 Å². The van der Waals surface area contributed by atoms with Crippen LogP contribution in [0.25, 0.3) is 6.08 Å². The quantitative estimate of drug-likeness (QED) is 0.246. The lowest BCUT2D eigenvalue weighted by Crippen LogP contribution is -2.68. The standard InChI is InChI=1S/C31H35F3N2O5/c1-4-16-36-17-15-29(24-8-6-9-26(19-24)39-3)20-25(13-14-30(29,21-36)40-22(2)37)35-28(38)12-11-23-7-5-10-27(18-23)41-31(32,33)34/h4-12,18-19,25H,1,13-17,20-21H2,2-3H3,(H,35,38). The van der Waals surface area contributed by atoms with Crippen LogP contribution < -0.4 is 14.8 Å². The number of halogens is 3. The molecule has 1 amide bonds. The van der Waals surface area contributed by atoms with Crippen LogP contribution in [0, 0.1) is 0 Å². The SMILES string of the molecule is C=CCN1CCC2(c3cccc(OC)c3)CC(NC(=O)C=Cc3cccc(OC(F)(F)F)c3)CCC2(OC(C)=O)C1. The van der Waals surface area contributed by atoms with Crippen molar-refractivity contribution < 1.29 is 37.0 Å². The van der Waals surface area contributed by atoms with E-state index in [9.17, 15) is 22.8 Å². The van der Waals surface area contributed by atoms with Gasteiger partial charge in [-0.1, -0.05) is 30.3 Å². The molecule has 0 aromatic heterocycles. The van der Waals surface area contributed by atoms with E-state index in [1.54, 1.807) is 13.2 Å². The Labute approximate surface area is 238 Å². The molecule has 1 aliphatic heterocycles. The number of carbonyl (C=O) groups is 2. The largest absolute Gasteiger partial charge is 0.573 e. The zero-order valence-electron chi connectivity index (χ0n) is 23.2. The lowest BCUT2D eigenvalue weighted by molar-refractivity contribution is -0.274. The van der Waals surface area contributed by atoms with Gasteiger partial charge in [0.25, 0.3) is 0 Å². The van der Waals surface area contributed by atoms with Crippen molar-refractivity contribution in [3.63, 3.8) is 0 Å². The number of rotatable bonds is 9. The number of nitrogens with one attached hydrogen (secondary N) is 1. The highest BCUT2D eigenvalue weighted by molar-refractivity contribution is 5.92. The van der Waals surface area contributed by atoms with Gasteiger partial charge in [-0.25, -0.2) is 0 Å². The maximum absolute atomic E-state index is 13.0. The molecule has 2 fully saturated rings. The van der Waals surface area contributed by atoms with Crippen molar-refractivity contribution in [1.29, 1.82) is 0 Å². The number of hydrogen-bond donors (Lipinski definition) is 1. The molecule has 2 aliphatic rings. The number of fused-ring (bicyclic) bond motifs is 1. The van der Waals surface area contributed by atoms with Crippen LogP contribution in [0.15, 0.2) is 67.3 Å². The van der Waals surface area contributed by atoms with E-state index >= 15 is 0 Å². The molecule has 2 aromatic carbocycles. The molecule has 41 heavy (non-hydrogen) atoms. The molecular formula is C31H35F3N2O5. The highest BCUT2D eigenvalue weighted by Crippen LogP contribution is 2.54. The number of amides is 1. The van der Waals surface area contributed by atoms with E-state index in [1.165, 1.54) is 37.3 Å². The highest BCUT2D eigenvalue weighted by atomic mass is 19.4. The maximum Gasteiger partial charge on any atom is 0.573 e. The number of alkyl halides is 3. The molecule has 1 saturated carbocycles. The first-order chi connectivity index (χ1) is 19.5. The average Bonchev–Trinajstić information content (AvgIpc) is 2.91. The number of benzene rings is 2. The van der Waals surface area contributed by atoms with Gasteiger partial charge in [-0.05, 0) is 73.7 Å². The van der Waals surface area contributed by atoms with Gasteiger partial charge in [-0.2, -0.15) is 0 Å². The van der Waals surface area contributed by atoms with Gasteiger partial charge in [-0.3, -0.25) is 14.5 Å². The summed E-state index contributed by atoms with van der Waals surface area (Å²) >= 11 is 0. The Kier molecular flexibility index (Phi) is 9.11. The Hall–Kier alpha value is -3.79. The number of nitrogens with zero attached hydrogens (tertiary/aromatic N) is 1. The van der Waals surface area contributed by atoms with Crippen LogP contribution in [0.2, 0.25) is 0 Å². The number of carbonyl (C=O) groups excluding carboxylic acids is 2. The van der Waals surface area contributed by atoms with E-state index in [2.05, 4.69) is 21.5 Å². The van der Waals surface area contributed by atoms with Crippen molar-refractivity contribution in [2.45, 2.75) is 56.0 Å². The third-order valence-corrected chi connectivity index (χ3v) is 7.91. The Morgan fingerprint density at radius 3 is 2.61 bits per heavy atom. The molecule has 1 heterocycles. The Morgan fingerprint density at radius 1 is 1.15 bits per heavy atom. The van der Waals surface area contributed by atoms with Gasteiger partial charge in [0.05, 0.1) is 7.11 Å². The third-order valence-electron chi connectivity index (χ3n) is 7.91. The van der Waals surface area contributed by atoms with Gasteiger partial charge in [0.1, 0.15) is 17.1 Å². The maximum atomic E-state index is 13.0. The molecule has 0 bridgehead atoms. The van der Waals surface area contributed by atoms with Crippen molar-refractivity contribution in [2.75, 3.05) is 26.7 Å². The predicted molar refractivity (Wildman–Crippen MR) is 148 cm³/mol. The second-order valence-electron chi connectivity index (χ2n) is 10.6. The molecule has 0 spiro atoms. The summed E-state index contributed by atoms with van der Waals surface area (Å²) < 4.78 is 53.4.